The first-order chi connectivity index (χ1) is 27.8. The number of thiophene rings is 2. The average molecular weight is 858 g/mol. The van der Waals surface area contributed by atoms with Crippen molar-refractivity contribution in [2.24, 2.45) is 0 Å². The van der Waals surface area contributed by atoms with Crippen LogP contribution in [0.4, 0.5) is 17.6 Å². The lowest BCUT2D eigenvalue weighted by Crippen LogP contribution is -2.04. The summed E-state index contributed by atoms with van der Waals surface area (Å²) in [5, 5.41) is 10.8. The van der Waals surface area contributed by atoms with Gasteiger partial charge in [-0.15, -0.1) is 22.7 Å². The fraction of sp³-hybridized carbons (Fsp3) is 0.0870. The number of aromatic carboxylic acids is 1. The molecule has 12 heteroatoms. The van der Waals surface area contributed by atoms with Crippen LogP contribution in [0.3, 0.4) is 0 Å². The fourth-order valence-corrected chi connectivity index (χ4v) is 9.56. The Labute approximate surface area is 348 Å². The molecule has 4 nitrogen and oxygen atoms in total. The maximum Gasteiger partial charge on any atom is 0.338 e. The maximum atomic E-state index is 14.5. The van der Waals surface area contributed by atoms with E-state index in [1.807, 2.05) is 6.07 Å². The lowest BCUT2D eigenvalue weighted by Gasteiger charge is -2.07. The number of rotatable bonds is 9. The van der Waals surface area contributed by atoms with Gasteiger partial charge in [0.05, 0.1) is 17.7 Å². The second-order valence-corrected chi connectivity index (χ2v) is 16.3. The highest BCUT2D eigenvalue weighted by atomic mass is 35.5. The largest absolute Gasteiger partial charge is 0.478 e. The number of carboxylic acid groups (broad SMARTS) is 1. The van der Waals surface area contributed by atoms with Gasteiger partial charge in [0.15, 0.2) is 0 Å². The second-order valence-electron chi connectivity index (χ2n) is 13.2. The van der Waals surface area contributed by atoms with Crippen LogP contribution in [-0.4, -0.2) is 23.7 Å². The van der Waals surface area contributed by atoms with E-state index in [1.165, 1.54) is 65.1 Å². The van der Waals surface area contributed by atoms with E-state index < -0.39 is 23.6 Å². The minimum Gasteiger partial charge on any atom is -0.478 e. The van der Waals surface area contributed by atoms with E-state index in [0.717, 1.165) is 41.4 Å². The summed E-state index contributed by atoms with van der Waals surface area (Å²) in [4.78, 5) is 25.1. The van der Waals surface area contributed by atoms with Gasteiger partial charge in [0.25, 0.3) is 0 Å². The summed E-state index contributed by atoms with van der Waals surface area (Å²) in [5.41, 5.74) is 5.11. The first kappa shape index (κ1) is 40.7. The number of fused-ring (bicyclic) bond motifs is 2. The van der Waals surface area contributed by atoms with Gasteiger partial charge in [0.1, 0.15) is 23.3 Å². The van der Waals surface area contributed by atoms with Crippen molar-refractivity contribution >= 4 is 78.0 Å². The third kappa shape index (κ3) is 9.27. The number of ether oxygens (including phenoxy) is 1. The van der Waals surface area contributed by atoms with Crippen molar-refractivity contribution in [2.75, 3.05) is 6.61 Å². The Morgan fingerprint density at radius 3 is 1.52 bits per heavy atom. The van der Waals surface area contributed by atoms with Crippen LogP contribution in [0, 0.1) is 23.3 Å². The van der Waals surface area contributed by atoms with Crippen molar-refractivity contribution in [3.8, 4) is 22.3 Å². The second kappa shape index (κ2) is 17.5. The number of hydrogen-bond acceptors (Lipinski definition) is 5. The average Bonchev–Trinajstić information content (AvgIpc) is 3.80. The number of hydrogen-bond donors (Lipinski definition) is 1. The van der Waals surface area contributed by atoms with Crippen LogP contribution in [0.2, 0.25) is 10.0 Å². The number of carbonyl (C=O) groups is 2. The van der Waals surface area contributed by atoms with Gasteiger partial charge in [-0.05, 0) is 125 Å². The van der Waals surface area contributed by atoms with Crippen LogP contribution >= 0.6 is 45.9 Å². The zero-order valence-electron chi connectivity index (χ0n) is 30.4. The molecule has 0 fully saturated rings. The van der Waals surface area contributed by atoms with E-state index in [9.17, 15) is 32.3 Å². The first-order valence-electron chi connectivity index (χ1n) is 17.8. The van der Waals surface area contributed by atoms with Gasteiger partial charge in [0, 0.05) is 52.8 Å². The molecule has 58 heavy (non-hydrogen) atoms. The molecule has 0 radical (unpaired) electrons. The maximum absolute atomic E-state index is 14.5. The SMILES string of the molecule is CCOC(=O)c1cccc(-c2ccc(F)c3cc(Cc4cc(F)cc(Cl)c4)sc23)c1.O=C(O)c1cccc(-c2ccc(F)c3cc(Cc4cc(F)cc(Cl)c4)sc23)c1. The molecule has 6 aromatic carbocycles. The van der Waals surface area contributed by atoms with E-state index in [2.05, 4.69) is 0 Å². The van der Waals surface area contributed by atoms with Crippen LogP contribution in [-0.2, 0) is 17.6 Å². The topological polar surface area (TPSA) is 63.6 Å². The molecule has 8 rings (SSSR count). The van der Waals surface area contributed by atoms with Crippen molar-refractivity contribution in [1.29, 1.82) is 0 Å². The summed E-state index contributed by atoms with van der Waals surface area (Å²) in [6.07, 6.45) is 0.865. The monoisotopic (exact) mass is 856 g/mol. The Morgan fingerprint density at radius 1 is 0.603 bits per heavy atom. The lowest BCUT2D eigenvalue weighted by atomic mass is 10.0. The number of carbonyl (C=O) groups excluding carboxylic acids is 1. The lowest BCUT2D eigenvalue weighted by molar-refractivity contribution is 0.0525. The molecule has 0 aliphatic carbocycles. The third-order valence-electron chi connectivity index (χ3n) is 9.07. The standard InChI is InChI=1S/C24H17ClF2O2S.C22H13ClF2O2S/c1-2-29-24(28)16-5-3-4-15(11-16)20-6-7-22(27)21-13-19(30-23(20)21)10-14-8-17(25)12-18(26)9-14;23-15-6-12(7-16(24)10-15)8-17-11-19-20(25)5-4-18(21(19)28-17)13-2-1-3-14(9-13)22(26)27/h3-9,11-13H,2,10H2,1H3;1-7,9-11H,8H2,(H,26,27). The van der Waals surface area contributed by atoms with Gasteiger partial charge in [0.2, 0.25) is 0 Å². The van der Waals surface area contributed by atoms with Gasteiger partial charge < -0.3 is 9.84 Å². The molecule has 0 spiro atoms. The molecular weight excluding hydrogens is 828 g/mol. The molecular formula is C46H30Cl2F4O4S2. The molecule has 2 aromatic heterocycles. The molecule has 1 N–H and O–H groups in total. The summed E-state index contributed by atoms with van der Waals surface area (Å²) in [5.74, 6) is -2.91. The molecule has 2 heterocycles. The minimum absolute atomic E-state index is 0.168. The zero-order chi connectivity index (χ0) is 41.1. The molecule has 0 aliphatic heterocycles. The fourth-order valence-electron chi connectivity index (χ4n) is 6.59. The van der Waals surface area contributed by atoms with Crippen LogP contribution in [0.15, 0.2) is 121 Å². The number of benzene rings is 6. The van der Waals surface area contributed by atoms with Crippen LogP contribution < -0.4 is 0 Å². The highest BCUT2D eigenvalue weighted by molar-refractivity contribution is 7.20. The molecule has 0 saturated heterocycles. The van der Waals surface area contributed by atoms with Crippen molar-refractivity contribution in [3.05, 3.63) is 187 Å². The summed E-state index contributed by atoms with van der Waals surface area (Å²) in [7, 11) is 0. The highest BCUT2D eigenvalue weighted by Crippen LogP contribution is 2.39. The van der Waals surface area contributed by atoms with Gasteiger partial charge in [-0.1, -0.05) is 59.6 Å². The smallest absolute Gasteiger partial charge is 0.338 e. The Morgan fingerprint density at radius 2 is 1.07 bits per heavy atom. The molecule has 292 valence electrons. The van der Waals surface area contributed by atoms with E-state index in [4.69, 9.17) is 27.9 Å². The predicted molar refractivity (Wildman–Crippen MR) is 226 cm³/mol. The zero-order valence-corrected chi connectivity index (χ0v) is 33.6. The Kier molecular flexibility index (Phi) is 12.3. The first-order valence-corrected chi connectivity index (χ1v) is 20.2. The van der Waals surface area contributed by atoms with Crippen LogP contribution in [0.25, 0.3) is 42.4 Å². The number of esters is 1. The summed E-state index contributed by atoms with van der Waals surface area (Å²) < 4.78 is 62.8. The van der Waals surface area contributed by atoms with Gasteiger partial charge >= 0.3 is 11.9 Å². The molecule has 0 unspecified atom stereocenters. The van der Waals surface area contributed by atoms with Crippen molar-refractivity contribution in [1.82, 2.24) is 0 Å². The van der Waals surface area contributed by atoms with Gasteiger partial charge in [-0.25, -0.2) is 27.2 Å². The third-order valence-corrected chi connectivity index (χ3v) is 11.8. The predicted octanol–water partition coefficient (Wildman–Crippen LogP) is 14.1. The Balaban J connectivity index is 0.000000177. The van der Waals surface area contributed by atoms with E-state index in [0.29, 0.717) is 57.0 Å². The number of carboxylic acids is 1. The quantitative estimate of drug-likeness (QED) is 0.116. The molecule has 0 aliphatic rings. The van der Waals surface area contributed by atoms with Crippen LogP contribution in [0.5, 0.6) is 0 Å². The van der Waals surface area contributed by atoms with E-state index in [1.54, 1.807) is 79.7 Å². The molecule has 8 aromatic rings. The minimum atomic E-state index is -1.02. The number of halogens is 6. The van der Waals surface area contributed by atoms with Crippen LogP contribution in [0.1, 0.15) is 48.5 Å². The molecule has 0 amide bonds. The van der Waals surface area contributed by atoms with Crippen molar-refractivity contribution in [2.45, 2.75) is 19.8 Å². The molecule has 0 bridgehead atoms. The van der Waals surface area contributed by atoms with Crippen molar-refractivity contribution in [3.63, 3.8) is 0 Å². The van der Waals surface area contributed by atoms with Crippen molar-refractivity contribution < 1.29 is 37.0 Å². The summed E-state index contributed by atoms with van der Waals surface area (Å²) >= 11 is 14.7. The summed E-state index contributed by atoms with van der Waals surface area (Å²) in [6, 6.07) is 32.0. The highest BCUT2D eigenvalue weighted by Gasteiger charge is 2.17. The summed E-state index contributed by atoms with van der Waals surface area (Å²) in [6.45, 7) is 2.05. The molecule has 0 saturated carbocycles. The Bertz CT molecular complexity index is 2810. The molecule has 0 atom stereocenters. The Hall–Kier alpha value is -5.52. The van der Waals surface area contributed by atoms with E-state index >= 15 is 0 Å². The van der Waals surface area contributed by atoms with E-state index in [-0.39, 0.29) is 17.2 Å². The van der Waals surface area contributed by atoms with Gasteiger partial charge in [-0.2, -0.15) is 0 Å². The normalized spacial score (nSPS) is 11.1. The van der Waals surface area contributed by atoms with Gasteiger partial charge in [-0.3, -0.25) is 0 Å².